The number of aromatic nitrogens is 4. The number of aryl methyl sites for hydroxylation is 1. The van der Waals surface area contributed by atoms with Crippen LogP contribution in [0.2, 0.25) is 0 Å². The molecular weight excluding hydrogens is 348 g/mol. The van der Waals surface area contributed by atoms with Crippen LogP contribution in [0, 0.1) is 0 Å². The number of benzene rings is 2. The number of carbonyl (C=O) groups excluding carboxylic acids is 1. The molecule has 0 saturated carbocycles. The van der Waals surface area contributed by atoms with Crippen molar-refractivity contribution in [2.24, 2.45) is 12.1 Å². The lowest BCUT2D eigenvalue weighted by atomic mass is 10.2. The lowest BCUT2D eigenvalue weighted by Gasteiger charge is -1.99. The Hall–Kier alpha value is -3.26. The van der Waals surface area contributed by atoms with Gasteiger partial charge in [-0.2, -0.15) is 0 Å². The Morgan fingerprint density at radius 1 is 1.15 bits per heavy atom. The van der Waals surface area contributed by atoms with E-state index in [1.807, 2.05) is 66.2 Å². The topological polar surface area (TPSA) is 77.1 Å². The Morgan fingerprint density at radius 3 is 2.73 bits per heavy atom. The summed E-state index contributed by atoms with van der Waals surface area (Å²) >= 11 is 1.51. The third-order valence-corrected chi connectivity index (χ3v) is 5.04. The van der Waals surface area contributed by atoms with E-state index in [0.29, 0.717) is 11.3 Å². The molecule has 0 spiro atoms. The zero-order chi connectivity index (χ0) is 17.9. The molecule has 0 aliphatic rings. The lowest BCUT2D eigenvalue weighted by molar-refractivity contribution is 0.0948. The molecule has 2 heterocycles. The molecule has 26 heavy (non-hydrogen) atoms. The molecule has 0 radical (unpaired) electrons. The standard InChI is InChI=1S/C18H16N6OS/c1-23-15-9-5-6-10-16(15)26-18(23)21-20-17(25)14-12-24(22-19-14)11-13-7-3-2-4-8-13/h2-10,12H,11H2,1H3,(H,20,25)/b21-18+. The highest BCUT2D eigenvalue weighted by Gasteiger charge is 2.10. The minimum Gasteiger partial charge on any atom is -0.318 e. The number of hydrogen-bond acceptors (Lipinski definition) is 5. The summed E-state index contributed by atoms with van der Waals surface area (Å²) in [5.41, 5.74) is 4.94. The van der Waals surface area contributed by atoms with Crippen molar-refractivity contribution in [3.63, 3.8) is 0 Å². The molecule has 4 rings (SSSR count). The SMILES string of the molecule is Cn1/c(=N\NC(=O)c2cn(Cc3ccccc3)nn2)sc2ccccc21. The zero-order valence-corrected chi connectivity index (χ0v) is 14.8. The second-order valence-corrected chi connectivity index (χ2v) is 6.76. The quantitative estimate of drug-likeness (QED) is 0.564. The summed E-state index contributed by atoms with van der Waals surface area (Å²) in [4.78, 5) is 13.0. The van der Waals surface area contributed by atoms with Gasteiger partial charge in [0.05, 0.1) is 23.0 Å². The number of para-hydroxylation sites is 1. The van der Waals surface area contributed by atoms with Gasteiger partial charge in [0.2, 0.25) is 4.80 Å². The fourth-order valence-corrected chi connectivity index (χ4v) is 3.57. The Morgan fingerprint density at radius 2 is 1.92 bits per heavy atom. The summed E-state index contributed by atoms with van der Waals surface area (Å²) in [6.45, 7) is 0.559. The highest BCUT2D eigenvalue weighted by molar-refractivity contribution is 7.16. The molecule has 0 fully saturated rings. The van der Waals surface area contributed by atoms with Gasteiger partial charge < -0.3 is 4.57 Å². The fraction of sp³-hybridized carbons (Fsp3) is 0.111. The summed E-state index contributed by atoms with van der Waals surface area (Å²) in [6.07, 6.45) is 1.61. The van der Waals surface area contributed by atoms with Crippen molar-refractivity contribution in [3.05, 3.63) is 76.9 Å². The van der Waals surface area contributed by atoms with Crippen LogP contribution in [0.4, 0.5) is 0 Å². The summed E-state index contributed by atoms with van der Waals surface area (Å²) < 4.78 is 4.67. The predicted molar refractivity (Wildman–Crippen MR) is 99.4 cm³/mol. The maximum absolute atomic E-state index is 12.3. The van der Waals surface area contributed by atoms with Crippen LogP contribution in [-0.2, 0) is 13.6 Å². The summed E-state index contributed by atoms with van der Waals surface area (Å²) in [7, 11) is 1.92. The van der Waals surface area contributed by atoms with Gasteiger partial charge in [-0.25, -0.2) is 10.1 Å². The first-order valence-corrected chi connectivity index (χ1v) is 8.85. The molecule has 0 bridgehead atoms. The number of nitrogens with one attached hydrogen (secondary N) is 1. The number of rotatable bonds is 4. The van der Waals surface area contributed by atoms with Crippen LogP contribution in [0.5, 0.6) is 0 Å². The van der Waals surface area contributed by atoms with Crippen LogP contribution in [0.3, 0.4) is 0 Å². The minimum atomic E-state index is -0.387. The van der Waals surface area contributed by atoms with Crippen molar-refractivity contribution in [1.82, 2.24) is 25.0 Å². The van der Waals surface area contributed by atoms with Crippen LogP contribution < -0.4 is 10.2 Å². The van der Waals surface area contributed by atoms with Crippen LogP contribution in [0.25, 0.3) is 10.2 Å². The van der Waals surface area contributed by atoms with Crippen molar-refractivity contribution in [3.8, 4) is 0 Å². The Balaban J connectivity index is 1.50. The number of carbonyl (C=O) groups is 1. The Bertz CT molecular complexity index is 1130. The van der Waals surface area contributed by atoms with Crippen LogP contribution in [-0.4, -0.2) is 25.5 Å². The third kappa shape index (κ3) is 3.27. The summed E-state index contributed by atoms with van der Waals surface area (Å²) in [6, 6.07) is 17.9. The second-order valence-electron chi connectivity index (χ2n) is 5.75. The summed E-state index contributed by atoms with van der Waals surface area (Å²) in [5, 5.41) is 12.1. The van der Waals surface area contributed by atoms with E-state index in [0.717, 1.165) is 15.8 Å². The van der Waals surface area contributed by atoms with Gasteiger partial charge in [0.25, 0.3) is 5.91 Å². The van der Waals surface area contributed by atoms with Gasteiger partial charge >= 0.3 is 0 Å². The van der Waals surface area contributed by atoms with E-state index < -0.39 is 0 Å². The molecule has 8 heteroatoms. The van der Waals surface area contributed by atoms with Gasteiger partial charge in [-0.05, 0) is 17.7 Å². The molecule has 2 aromatic heterocycles. The maximum atomic E-state index is 12.3. The molecule has 0 aliphatic heterocycles. The van der Waals surface area contributed by atoms with Gasteiger partial charge in [-0.1, -0.05) is 59.0 Å². The van der Waals surface area contributed by atoms with E-state index in [2.05, 4.69) is 20.8 Å². The van der Waals surface area contributed by atoms with Crippen molar-refractivity contribution in [1.29, 1.82) is 0 Å². The average molecular weight is 364 g/mol. The van der Waals surface area contributed by atoms with E-state index in [-0.39, 0.29) is 11.6 Å². The Kier molecular flexibility index (Phi) is 4.32. The van der Waals surface area contributed by atoms with Crippen molar-refractivity contribution < 1.29 is 4.79 Å². The first-order valence-electron chi connectivity index (χ1n) is 8.03. The normalized spacial score (nSPS) is 11.8. The molecule has 1 amide bonds. The number of thiazole rings is 1. The molecule has 0 saturated heterocycles. The maximum Gasteiger partial charge on any atom is 0.293 e. The van der Waals surface area contributed by atoms with Crippen molar-refractivity contribution >= 4 is 27.5 Å². The largest absolute Gasteiger partial charge is 0.318 e. The highest BCUT2D eigenvalue weighted by atomic mass is 32.1. The average Bonchev–Trinajstić information content (AvgIpc) is 3.26. The van der Waals surface area contributed by atoms with Crippen LogP contribution >= 0.6 is 11.3 Å². The fourth-order valence-electron chi connectivity index (χ4n) is 2.59. The van der Waals surface area contributed by atoms with Crippen molar-refractivity contribution in [2.75, 3.05) is 0 Å². The number of fused-ring (bicyclic) bond motifs is 1. The van der Waals surface area contributed by atoms with E-state index in [9.17, 15) is 4.79 Å². The first kappa shape index (κ1) is 16.2. The molecular formula is C18H16N6OS. The van der Waals surface area contributed by atoms with E-state index in [1.165, 1.54) is 11.3 Å². The minimum absolute atomic E-state index is 0.230. The molecule has 1 N–H and O–H groups in total. The van der Waals surface area contributed by atoms with Crippen molar-refractivity contribution in [2.45, 2.75) is 6.54 Å². The molecule has 2 aromatic carbocycles. The van der Waals surface area contributed by atoms with Crippen LogP contribution in [0.1, 0.15) is 16.1 Å². The van der Waals surface area contributed by atoms with E-state index in [4.69, 9.17) is 0 Å². The van der Waals surface area contributed by atoms with E-state index >= 15 is 0 Å². The number of hydrogen-bond donors (Lipinski definition) is 1. The summed E-state index contributed by atoms with van der Waals surface area (Å²) in [5.74, 6) is -0.387. The monoisotopic (exact) mass is 364 g/mol. The van der Waals surface area contributed by atoms with E-state index in [1.54, 1.807) is 10.9 Å². The van der Waals surface area contributed by atoms with Gasteiger partial charge in [0.1, 0.15) is 0 Å². The molecule has 0 aliphatic carbocycles. The molecule has 130 valence electrons. The van der Waals surface area contributed by atoms with Gasteiger partial charge in [-0.3, -0.25) is 4.79 Å². The highest BCUT2D eigenvalue weighted by Crippen LogP contribution is 2.14. The van der Waals surface area contributed by atoms with Gasteiger partial charge in [0, 0.05) is 7.05 Å². The lowest BCUT2D eigenvalue weighted by Crippen LogP contribution is -2.23. The van der Waals surface area contributed by atoms with Gasteiger partial charge in [-0.15, -0.1) is 10.2 Å². The number of amides is 1. The van der Waals surface area contributed by atoms with Gasteiger partial charge in [0.15, 0.2) is 5.69 Å². The smallest absolute Gasteiger partial charge is 0.293 e. The number of nitrogens with zero attached hydrogens (tertiary/aromatic N) is 5. The molecule has 0 unspecified atom stereocenters. The predicted octanol–water partition coefficient (Wildman–Crippen LogP) is 2.13. The molecule has 7 nitrogen and oxygen atoms in total. The Labute approximate surface area is 153 Å². The molecule has 4 aromatic rings. The van der Waals surface area contributed by atoms with Crippen LogP contribution in [0.15, 0.2) is 65.9 Å². The first-order chi connectivity index (χ1) is 12.7. The third-order valence-electron chi connectivity index (χ3n) is 3.93. The zero-order valence-electron chi connectivity index (χ0n) is 14.0. The second kappa shape index (κ2) is 6.93. The molecule has 0 atom stereocenters.